The van der Waals surface area contributed by atoms with Gasteiger partial charge in [0.05, 0.1) is 5.52 Å². The summed E-state index contributed by atoms with van der Waals surface area (Å²) in [5, 5.41) is 9.10. The molecular weight excluding hydrogens is 429 g/mol. The molecule has 0 atom stereocenters. The second kappa shape index (κ2) is 8.46. The van der Waals surface area contributed by atoms with Crippen molar-refractivity contribution < 1.29 is 4.79 Å². The van der Waals surface area contributed by atoms with Crippen molar-refractivity contribution in [3.05, 3.63) is 93.2 Å². The topological polar surface area (TPSA) is 46.4 Å². The van der Waals surface area contributed by atoms with Crippen LogP contribution < -0.4 is 5.32 Å². The molecule has 0 radical (unpaired) electrons. The summed E-state index contributed by atoms with van der Waals surface area (Å²) in [4.78, 5) is 12.7. The standard InChI is InChI=1S/C22H16Cl3N3O/c23-15-5-3-14(4-6-15)9-10-26-22(29)20-13-18(21-2-1-11-28(21)27-20)17-8-7-16(24)12-19(17)25/h1-8,11-13H,9-10H2,(H,26,29). The lowest BCUT2D eigenvalue weighted by molar-refractivity contribution is 0.0948. The van der Waals surface area contributed by atoms with Gasteiger partial charge < -0.3 is 5.32 Å². The molecule has 2 heterocycles. The average Bonchev–Trinajstić information content (AvgIpc) is 3.18. The van der Waals surface area contributed by atoms with Crippen LogP contribution in [0, 0.1) is 0 Å². The quantitative estimate of drug-likeness (QED) is 0.414. The molecule has 0 fully saturated rings. The number of carbonyl (C=O) groups excluding carboxylic acids is 1. The van der Waals surface area contributed by atoms with Crippen molar-refractivity contribution in [2.45, 2.75) is 6.42 Å². The zero-order valence-electron chi connectivity index (χ0n) is 15.2. The SMILES string of the molecule is O=C(NCCc1ccc(Cl)cc1)c1cc(-c2ccc(Cl)cc2Cl)c2cccn2n1. The van der Waals surface area contributed by atoms with Gasteiger partial charge in [0.25, 0.3) is 5.91 Å². The predicted octanol–water partition coefficient (Wildman–Crippen LogP) is 5.93. The number of amides is 1. The minimum Gasteiger partial charge on any atom is -0.350 e. The lowest BCUT2D eigenvalue weighted by atomic mass is 10.0. The molecule has 146 valence electrons. The second-order valence-corrected chi connectivity index (χ2v) is 7.82. The third-order valence-corrected chi connectivity index (χ3v) is 5.37. The van der Waals surface area contributed by atoms with Crippen LogP contribution in [0.3, 0.4) is 0 Å². The van der Waals surface area contributed by atoms with Crippen molar-refractivity contribution >= 4 is 46.2 Å². The molecular formula is C22H16Cl3N3O. The molecule has 4 aromatic rings. The van der Waals surface area contributed by atoms with Crippen LogP contribution in [0.1, 0.15) is 16.1 Å². The molecule has 0 aliphatic carbocycles. The van der Waals surface area contributed by atoms with Crippen LogP contribution >= 0.6 is 34.8 Å². The third kappa shape index (κ3) is 4.40. The number of nitrogens with one attached hydrogen (secondary N) is 1. The Bertz CT molecular complexity index is 1190. The Morgan fingerprint density at radius 1 is 0.931 bits per heavy atom. The minimum absolute atomic E-state index is 0.249. The Balaban J connectivity index is 1.58. The van der Waals surface area contributed by atoms with E-state index >= 15 is 0 Å². The van der Waals surface area contributed by atoms with Crippen molar-refractivity contribution in [2.24, 2.45) is 0 Å². The molecule has 4 nitrogen and oxygen atoms in total. The van der Waals surface area contributed by atoms with Gasteiger partial charge in [-0.3, -0.25) is 4.79 Å². The number of aromatic nitrogens is 2. The molecule has 0 spiro atoms. The van der Waals surface area contributed by atoms with Crippen LogP contribution in [0.5, 0.6) is 0 Å². The molecule has 0 saturated carbocycles. The Morgan fingerprint density at radius 3 is 2.45 bits per heavy atom. The largest absolute Gasteiger partial charge is 0.350 e. The normalized spacial score (nSPS) is 11.0. The molecule has 1 N–H and O–H groups in total. The molecule has 0 bridgehead atoms. The summed E-state index contributed by atoms with van der Waals surface area (Å²) in [6.45, 7) is 0.489. The van der Waals surface area contributed by atoms with Crippen molar-refractivity contribution in [2.75, 3.05) is 6.54 Å². The summed E-state index contributed by atoms with van der Waals surface area (Å²) in [7, 11) is 0. The van der Waals surface area contributed by atoms with E-state index in [1.54, 1.807) is 28.9 Å². The van der Waals surface area contributed by atoms with Gasteiger partial charge in [0, 0.05) is 38.9 Å². The highest BCUT2D eigenvalue weighted by atomic mass is 35.5. The first-order chi connectivity index (χ1) is 14.0. The van der Waals surface area contributed by atoms with E-state index in [2.05, 4.69) is 10.4 Å². The van der Waals surface area contributed by atoms with E-state index in [0.717, 1.165) is 22.2 Å². The number of carbonyl (C=O) groups is 1. The van der Waals surface area contributed by atoms with Gasteiger partial charge in [-0.2, -0.15) is 5.10 Å². The highest BCUT2D eigenvalue weighted by molar-refractivity contribution is 6.36. The maximum atomic E-state index is 12.7. The molecule has 1 amide bonds. The molecule has 0 aliphatic heterocycles. The predicted molar refractivity (Wildman–Crippen MR) is 118 cm³/mol. The van der Waals surface area contributed by atoms with Gasteiger partial charge in [-0.15, -0.1) is 0 Å². The van der Waals surface area contributed by atoms with Crippen molar-refractivity contribution in [1.82, 2.24) is 14.9 Å². The number of rotatable bonds is 5. The van der Waals surface area contributed by atoms with E-state index in [4.69, 9.17) is 34.8 Å². The van der Waals surface area contributed by atoms with E-state index in [-0.39, 0.29) is 5.91 Å². The fourth-order valence-corrected chi connectivity index (χ4v) is 3.76. The lowest BCUT2D eigenvalue weighted by Crippen LogP contribution is -2.27. The first kappa shape index (κ1) is 19.8. The third-order valence-electron chi connectivity index (χ3n) is 4.57. The van der Waals surface area contributed by atoms with Gasteiger partial charge in [-0.05, 0) is 54.4 Å². The first-order valence-corrected chi connectivity index (χ1v) is 10.1. The minimum atomic E-state index is -0.249. The van der Waals surface area contributed by atoms with E-state index in [1.807, 2.05) is 42.5 Å². The number of hydrogen-bond donors (Lipinski definition) is 1. The Labute approximate surface area is 183 Å². The summed E-state index contributed by atoms with van der Waals surface area (Å²) in [5.74, 6) is -0.249. The highest BCUT2D eigenvalue weighted by Gasteiger charge is 2.15. The summed E-state index contributed by atoms with van der Waals surface area (Å²) in [6.07, 6.45) is 2.50. The number of benzene rings is 2. The fourth-order valence-electron chi connectivity index (χ4n) is 3.12. The van der Waals surface area contributed by atoms with Gasteiger partial charge in [0.2, 0.25) is 0 Å². The molecule has 0 saturated heterocycles. The van der Waals surface area contributed by atoms with Gasteiger partial charge >= 0.3 is 0 Å². The summed E-state index contributed by atoms with van der Waals surface area (Å²) in [6, 6.07) is 18.4. The van der Waals surface area contributed by atoms with Gasteiger partial charge in [-0.25, -0.2) is 4.52 Å². The number of hydrogen-bond acceptors (Lipinski definition) is 2. The van der Waals surface area contributed by atoms with Crippen LogP contribution in [0.25, 0.3) is 16.6 Å². The monoisotopic (exact) mass is 443 g/mol. The summed E-state index contributed by atoms with van der Waals surface area (Å²) >= 11 is 18.3. The van der Waals surface area contributed by atoms with Crippen LogP contribution in [-0.4, -0.2) is 22.1 Å². The average molecular weight is 445 g/mol. The maximum absolute atomic E-state index is 12.7. The smallest absolute Gasteiger partial charge is 0.271 e. The Kier molecular flexibility index (Phi) is 5.76. The number of halogens is 3. The van der Waals surface area contributed by atoms with Gasteiger partial charge in [0.1, 0.15) is 5.69 Å². The van der Waals surface area contributed by atoms with Gasteiger partial charge in [-0.1, -0.05) is 53.0 Å². The lowest BCUT2D eigenvalue weighted by Gasteiger charge is -2.11. The zero-order chi connectivity index (χ0) is 20.4. The first-order valence-electron chi connectivity index (χ1n) is 8.98. The van der Waals surface area contributed by atoms with E-state index in [9.17, 15) is 4.79 Å². The number of nitrogens with zero attached hydrogens (tertiary/aromatic N) is 2. The Morgan fingerprint density at radius 2 is 1.69 bits per heavy atom. The molecule has 2 aromatic heterocycles. The Hall–Kier alpha value is -2.53. The fraction of sp³-hybridized carbons (Fsp3) is 0.0909. The second-order valence-electron chi connectivity index (χ2n) is 6.54. The van der Waals surface area contributed by atoms with Crippen LogP contribution in [0.4, 0.5) is 0 Å². The molecule has 0 unspecified atom stereocenters. The van der Waals surface area contributed by atoms with E-state index in [0.29, 0.717) is 33.7 Å². The zero-order valence-corrected chi connectivity index (χ0v) is 17.5. The molecule has 29 heavy (non-hydrogen) atoms. The van der Waals surface area contributed by atoms with Crippen LogP contribution in [0.2, 0.25) is 15.1 Å². The van der Waals surface area contributed by atoms with Gasteiger partial charge in [0.15, 0.2) is 0 Å². The maximum Gasteiger partial charge on any atom is 0.271 e. The summed E-state index contributed by atoms with van der Waals surface area (Å²) < 4.78 is 1.67. The molecule has 2 aromatic carbocycles. The summed E-state index contributed by atoms with van der Waals surface area (Å²) in [5.41, 5.74) is 3.86. The van der Waals surface area contributed by atoms with E-state index in [1.165, 1.54) is 0 Å². The molecule has 7 heteroatoms. The van der Waals surface area contributed by atoms with Crippen molar-refractivity contribution in [1.29, 1.82) is 0 Å². The molecule has 0 aliphatic rings. The highest BCUT2D eigenvalue weighted by Crippen LogP contribution is 2.33. The van der Waals surface area contributed by atoms with Crippen molar-refractivity contribution in [3.63, 3.8) is 0 Å². The van der Waals surface area contributed by atoms with Crippen LogP contribution in [-0.2, 0) is 6.42 Å². The number of fused-ring (bicyclic) bond motifs is 1. The van der Waals surface area contributed by atoms with Crippen molar-refractivity contribution in [3.8, 4) is 11.1 Å². The van der Waals surface area contributed by atoms with Crippen LogP contribution in [0.15, 0.2) is 66.9 Å². The molecule has 4 rings (SSSR count). The van der Waals surface area contributed by atoms with E-state index < -0.39 is 0 Å².